The zero-order valence-corrected chi connectivity index (χ0v) is 11.2. The van der Waals surface area contributed by atoms with Gasteiger partial charge in [-0.25, -0.2) is 9.97 Å². The Morgan fingerprint density at radius 3 is 3.05 bits per heavy atom. The lowest BCUT2D eigenvalue weighted by Crippen LogP contribution is -2.10. The smallest absolute Gasteiger partial charge is 0.251 e. The SMILES string of the molecule is CCCc1cc(=O)[nH]c(Sc2ncccc2C=O)n1. The standard InChI is InChI=1S/C13H13N3O2S/c1-2-4-10-7-11(18)16-13(15-10)19-12-9(8-17)5-3-6-14-12/h3,5-8H,2,4H2,1H3,(H,15,16,18). The van der Waals surface area contributed by atoms with Crippen molar-refractivity contribution in [2.75, 3.05) is 0 Å². The fraction of sp³-hybridized carbons (Fsp3) is 0.231. The first-order valence-electron chi connectivity index (χ1n) is 5.91. The predicted octanol–water partition coefficient (Wildman–Crippen LogP) is 2.08. The molecule has 0 aromatic carbocycles. The number of hydrogen-bond acceptors (Lipinski definition) is 5. The van der Waals surface area contributed by atoms with Crippen molar-refractivity contribution >= 4 is 18.0 Å². The Morgan fingerprint density at radius 2 is 2.32 bits per heavy atom. The summed E-state index contributed by atoms with van der Waals surface area (Å²) in [6.07, 6.45) is 4.01. The molecule has 2 aromatic rings. The Balaban J connectivity index is 2.32. The molecule has 0 unspecified atom stereocenters. The van der Waals surface area contributed by atoms with Crippen molar-refractivity contribution in [3.05, 3.63) is 46.0 Å². The van der Waals surface area contributed by atoms with Crippen LogP contribution in [-0.4, -0.2) is 21.2 Å². The quantitative estimate of drug-likeness (QED) is 0.668. The number of aromatic amines is 1. The molecule has 0 radical (unpaired) electrons. The van der Waals surface area contributed by atoms with E-state index in [1.165, 1.54) is 17.8 Å². The molecular weight excluding hydrogens is 262 g/mol. The molecule has 98 valence electrons. The third kappa shape index (κ3) is 3.51. The third-order valence-electron chi connectivity index (χ3n) is 2.40. The zero-order chi connectivity index (χ0) is 13.7. The predicted molar refractivity (Wildman–Crippen MR) is 72.6 cm³/mol. The number of rotatable bonds is 5. The minimum absolute atomic E-state index is 0.190. The van der Waals surface area contributed by atoms with Crippen LogP contribution in [0.2, 0.25) is 0 Å². The van der Waals surface area contributed by atoms with Crippen molar-refractivity contribution in [2.45, 2.75) is 29.9 Å². The second-order valence-electron chi connectivity index (χ2n) is 3.91. The fourth-order valence-corrected chi connectivity index (χ4v) is 2.43. The van der Waals surface area contributed by atoms with E-state index in [1.54, 1.807) is 18.3 Å². The fourth-order valence-electron chi connectivity index (χ4n) is 1.59. The van der Waals surface area contributed by atoms with Crippen LogP contribution in [-0.2, 0) is 6.42 Å². The minimum Gasteiger partial charge on any atom is -0.301 e. The summed E-state index contributed by atoms with van der Waals surface area (Å²) in [6, 6.07) is 4.86. The van der Waals surface area contributed by atoms with Crippen LogP contribution >= 0.6 is 11.8 Å². The molecule has 2 heterocycles. The van der Waals surface area contributed by atoms with Crippen LogP contribution in [0.1, 0.15) is 29.4 Å². The van der Waals surface area contributed by atoms with E-state index in [2.05, 4.69) is 15.0 Å². The third-order valence-corrected chi connectivity index (χ3v) is 3.32. The maximum atomic E-state index is 11.5. The molecule has 0 aliphatic rings. The summed E-state index contributed by atoms with van der Waals surface area (Å²) in [5.74, 6) is 0. The van der Waals surface area contributed by atoms with E-state index in [4.69, 9.17) is 0 Å². The first kappa shape index (κ1) is 13.5. The van der Waals surface area contributed by atoms with E-state index in [0.29, 0.717) is 15.7 Å². The second-order valence-corrected chi connectivity index (χ2v) is 4.89. The van der Waals surface area contributed by atoms with Crippen molar-refractivity contribution in [3.63, 3.8) is 0 Å². The zero-order valence-electron chi connectivity index (χ0n) is 10.4. The summed E-state index contributed by atoms with van der Waals surface area (Å²) < 4.78 is 0. The van der Waals surface area contributed by atoms with E-state index in [9.17, 15) is 9.59 Å². The van der Waals surface area contributed by atoms with E-state index in [1.807, 2.05) is 6.92 Å². The van der Waals surface area contributed by atoms with Gasteiger partial charge in [0.1, 0.15) is 5.03 Å². The van der Waals surface area contributed by atoms with Crippen LogP contribution < -0.4 is 5.56 Å². The molecule has 2 aromatic heterocycles. The number of carbonyl (C=O) groups is 1. The molecule has 0 amide bonds. The summed E-state index contributed by atoms with van der Waals surface area (Å²) in [5, 5.41) is 0.993. The number of nitrogens with one attached hydrogen (secondary N) is 1. The van der Waals surface area contributed by atoms with Gasteiger partial charge in [0.2, 0.25) is 0 Å². The lowest BCUT2D eigenvalue weighted by molar-refractivity contribution is 0.112. The van der Waals surface area contributed by atoms with Crippen LogP contribution in [0.4, 0.5) is 0 Å². The Kier molecular flexibility index (Phi) is 4.46. The van der Waals surface area contributed by atoms with Gasteiger partial charge in [0.05, 0.1) is 0 Å². The van der Waals surface area contributed by atoms with Crippen LogP contribution in [0.25, 0.3) is 0 Å². The number of hydrogen-bond donors (Lipinski definition) is 1. The molecule has 0 bridgehead atoms. The van der Waals surface area contributed by atoms with E-state index >= 15 is 0 Å². The summed E-state index contributed by atoms with van der Waals surface area (Å²) in [6.45, 7) is 2.03. The van der Waals surface area contributed by atoms with Crippen molar-refractivity contribution in [1.29, 1.82) is 0 Å². The van der Waals surface area contributed by atoms with Gasteiger partial charge in [-0.1, -0.05) is 13.3 Å². The number of carbonyl (C=O) groups excluding carboxylic acids is 1. The van der Waals surface area contributed by atoms with Gasteiger partial charge < -0.3 is 4.98 Å². The molecule has 0 saturated heterocycles. The van der Waals surface area contributed by atoms with Gasteiger partial charge in [0.25, 0.3) is 5.56 Å². The van der Waals surface area contributed by atoms with Gasteiger partial charge in [-0.2, -0.15) is 0 Å². The molecule has 0 aliphatic heterocycles. The van der Waals surface area contributed by atoms with Crippen LogP contribution in [0.15, 0.2) is 39.4 Å². The number of H-pyrrole nitrogens is 1. The molecular formula is C13H13N3O2S. The number of nitrogens with zero attached hydrogens (tertiary/aromatic N) is 2. The molecule has 0 saturated carbocycles. The van der Waals surface area contributed by atoms with Crippen LogP contribution in [0.5, 0.6) is 0 Å². The first-order valence-corrected chi connectivity index (χ1v) is 6.73. The van der Waals surface area contributed by atoms with Gasteiger partial charge in [-0.3, -0.25) is 9.59 Å². The number of aromatic nitrogens is 3. The average Bonchev–Trinajstić information content (AvgIpc) is 2.39. The second kappa shape index (κ2) is 6.29. The average molecular weight is 275 g/mol. The highest BCUT2D eigenvalue weighted by molar-refractivity contribution is 7.99. The lowest BCUT2D eigenvalue weighted by atomic mass is 10.2. The summed E-state index contributed by atoms with van der Waals surface area (Å²) in [7, 11) is 0. The maximum absolute atomic E-state index is 11.5. The van der Waals surface area contributed by atoms with Crippen molar-refractivity contribution in [1.82, 2.24) is 15.0 Å². The monoisotopic (exact) mass is 275 g/mol. The van der Waals surface area contributed by atoms with Gasteiger partial charge in [-0.05, 0) is 30.3 Å². The molecule has 1 N–H and O–H groups in total. The Hall–Kier alpha value is -1.95. The Morgan fingerprint density at radius 1 is 1.47 bits per heavy atom. The van der Waals surface area contributed by atoms with E-state index < -0.39 is 0 Å². The number of aryl methyl sites for hydroxylation is 1. The summed E-state index contributed by atoms with van der Waals surface area (Å²) in [4.78, 5) is 33.6. The molecule has 0 aliphatic carbocycles. The number of aldehydes is 1. The summed E-state index contributed by atoms with van der Waals surface area (Å²) >= 11 is 1.18. The first-order chi connectivity index (χ1) is 9.22. The molecule has 0 atom stereocenters. The molecule has 6 heteroatoms. The van der Waals surface area contributed by atoms with E-state index in [0.717, 1.165) is 24.8 Å². The van der Waals surface area contributed by atoms with Gasteiger partial charge in [-0.15, -0.1) is 0 Å². The Bertz CT molecular complexity index is 640. The molecule has 2 rings (SSSR count). The maximum Gasteiger partial charge on any atom is 0.251 e. The summed E-state index contributed by atoms with van der Waals surface area (Å²) in [5.41, 5.74) is 1.04. The molecule has 19 heavy (non-hydrogen) atoms. The lowest BCUT2D eigenvalue weighted by Gasteiger charge is -2.04. The normalized spacial score (nSPS) is 10.4. The van der Waals surface area contributed by atoms with Crippen molar-refractivity contribution in [3.8, 4) is 0 Å². The van der Waals surface area contributed by atoms with Gasteiger partial charge in [0, 0.05) is 23.5 Å². The van der Waals surface area contributed by atoms with Crippen molar-refractivity contribution < 1.29 is 4.79 Å². The molecule has 5 nitrogen and oxygen atoms in total. The van der Waals surface area contributed by atoms with E-state index in [-0.39, 0.29) is 5.56 Å². The highest BCUT2D eigenvalue weighted by Crippen LogP contribution is 2.24. The number of pyridine rings is 1. The largest absolute Gasteiger partial charge is 0.301 e. The van der Waals surface area contributed by atoms with Gasteiger partial charge in [0.15, 0.2) is 11.4 Å². The van der Waals surface area contributed by atoms with Crippen LogP contribution in [0, 0.1) is 0 Å². The molecule has 0 fully saturated rings. The minimum atomic E-state index is -0.190. The molecule has 0 spiro atoms. The highest BCUT2D eigenvalue weighted by atomic mass is 32.2. The van der Waals surface area contributed by atoms with Gasteiger partial charge >= 0.3 is 0 Å². The highest BCUT2D eigenvalue weighted by Gasteiger charge is 2.08. The Labute approximate surface area is 114 Å². The topological polar surface area (TPSA) is 75.7 Å². The van der Waals surface area contributed by atoms with Crippen molar-refractivity contribution in [2.24, 2.45) is 0 Å². The van der Waals surface area contributed by atoms with Crippen LogP contribution in [0.3, 0.4) is 0 Å².